The maximum atomic E-state index is 12.9. The van der Waals surface area contributed by atoms with Gasteiger partial charge >= 0.3 is 6.03 Å². The molecule has 1 fully saturated rings. The highest BCUT2D eigenvalue weighted by Gasteiger charge is 2.47. The first-order chi connectivity index (χ1) is 13.4. The van der Waals surface area contributed by atoms with Gasteiger partial charge in [0.25, 0.3) is 5.91 Å². The Bertz CT molecular complexity index is 823. The zero-order valence-electron chi connectivity index (χ0n) is 16.6. The highest BCUT2D eigenvalue weighted by Crippen LogP contribution is 2.24. The minimum Gasteiger partial charge on any atom is -0.497 e. The molecule has 2 aromatic carbocycles. The fraction of sp³-hybridized carbons (Fsp3) is 0.364. The number of ether oxygens (including phenoxy) is 1. The van der Waals surface area contributed by atoms with E-state index in [0.717, 1.165) is 23.3 Å². The van der Waals surface area contributed by atoms with Crippen LogP contribution in [0, 0.1) is 0 Å². The van der Waals surface area contributed by atoms with E-state index in [0.29, 0.717) is 13.0 Å². The number of methoxy groups -OCH3 is 1. The van der Waals surface area contributed by atoms with Crippen molar-refractivity contribution in [2.45, 2.75) is 31.8 Å². The van der Waals surface area contributed by atoms with Crippen LogP contribution >= 0.6 is 0 Å². The van der Waals surface area contributed by atoms with Crippen molar-refractivity contribution in [2.75, 3.05) is 20.8 Å². The number of urea groups is 1. The van der Waals surface area contributed by atoms with Gasteiger partial charge in [0, 0.05) is 6.54 Å². The topological polar surface area (TPSA) is 61.9 Å². The molecule has 0 bridgehead atoms. The predicted octanol–water partition coefficient (Wildman–Crippen LogP) is 3.03. The van der Waals surface area contributed by atoms with Crippen molar-refractivity contribution in [3.63, 3.8) is 0 Å². The molecule has 0 radical (unpaired) electrons. The van der Waals surface area contributed by atoms with E-state index in [9.17, 15) is 9.59 Å². The molecule has 1 saturated heterocycles. The van der Waals surface area contributed by atoms with Crippen LogP contribution in [0.2, 0.25) is 0 Å². The van der Waals surface area contributed by atoms with E-state index in [1.165, 1.54) is 4.90 Å². The number of imide groups is 1. The number of nitrogens with one attached hydrogen (secondary N) is 1. The van der Waals surface area contributed by atoms with Gasteiger partial charge < -0.3 is 10.1 Å². The Balaban J connectivity index is 1.59. The van der Waals surface area contributed by atoms with Crippen molar-refractivity contribution in [2.24, 2.45) is 0 Å². The fourth-order valence-electron chi connectivity index (χ4n) is 3.42. The van der Waals surface area contributed by atoms with Gasteiger partial charge in [0.1, 0.15) is 11.3 Å². The summed E-state index contributed by atoms with van der Waals surface area (Å²) in [5.74, 6) is 0.629. The second kappa shape index (κ2) is 8.44. The smallest absolute Gasteiger partial charge is 0.326 e. The first-order valence-electron chi connectivity index (χ1n) is 9.41. The Hall–Kier alpha value is -2.86. The Labute approximate surface area is 166 Å². The van der Waals surface area contributed by atoms with Gasteiger partial charge in [-0.05, 0) is 50.1 Å². The molecular weight excluding hydrogens is 354 g/mol. The van der Waals surface area contributed by atoms with Gasteiger partial charge in [-0.1, -0.05) is 42.5 Å². The summed E-state index contributed by atoms with van der Waals surface area (Å²) in [6.45, 7) is 2.68. The van der Waals surface area contributed by atoms with E-state index in [1.807, 2.05) is 66.5 Å². The first-order valence-corrected chi connectivity index (χ1v) is 9.41. The molecule has 2 aromatic rings. The van der Waals surface area contributed by atoms with Crippen LogP contribution < -0.4 is 10.1 Å². The van der Waals surface area contributed by atoms with E-state index in [4.69, 9.17) is 4.74 Å². The summed E-state index contributed by atoms with van der Waals surface area (Å²) in [6, 6.07) is 17.4. The summed E-state index contributed by atoms with van der Waals surface area (Å²) in [5.41, 5.74) is 1.37. The Kier molecular flexibility index (Phi) is 5.99. The summed E-state index contributed by atoms with van der Waals surface area (Å²) >= 11 is 0. The van der Waals surface area contributed by atoms with Crippen LogP contribution in [-0.4, -0.2) is 48.1 Å². The molecule has 3 rings (SSSR count). The minimum absolute atomic E-state index is 0.171. The lowest BCUT2D eigenvalue weighted by atomic mass is 9.93. The third-order valence-electron chi connectivity index (χ3n) is 5.10. The second-order valence-corrected chi connectivity index (χ2v) is 7.48. The molecule has 1 atom stereocenters. The van der Waals surface area contributed by atoms with Crippen LogP contribution in [0.15, 0.2) is 54.6 Å². The Morgan fingerprint density at radius 2 is 1.71 bits per heavy atom. The molecular formula is C22H27N3O3. The van der Waals surface area contributed by atoms with E-state index in [2.05, 4.69) is 5.32 Å². The second-order valence-electron chi connectivity index (χ2n) is 7.48. The van der Waals surface area contributed by atoms with Gasteiger partial charge in [-0.3, -0.25) is 9.69 Å². The largest absolute Gasteiger partial charge is 0.497 e. The number of carbonyl (C=O) groups excluding carboxylic acids is 2. The van der Waals surface area contributed by atoms with E-state index >= 15 is 0 Å². The zero-order valence-corrected chi connectivity index (χ0v) is 16.6. The number of amides is 3. The highest BCUT2D eigenvalue weighted by molar-refractivity contribution is 6.06. The summed E-state index contributed by atoms with van der Waals surface area (Å²) in [6.07, 6.45) is 1.30. The molecule has 1 N–H and O–H groups in total. The molecule has 0 aliphatic carbocycles. The molecule has 1 aliphatic heterocycles. The van der Waals surface area contributed by atoms with Crippen LogP contribution in [0.1, 0.15) is 24.5 Å². The Morgan fingerprint density at radius 3 is 2.36 bits per heavy atom. The van der Waals surface area contributed by atoms with Crippen molar-refractivity contribution < 1.29 is 14.3 Å². The summed E-state index contributed by atoms with van der Waals surface area (Å²) in [4.78, 5) is 28.6. The lowest BCUT2D eigenvalue weighted by molar-refractivity contribution is -0.132. The molecule has 0 saturated carbocycles. The standard InChI is InChI=1S/C22H27N3O3/c1-22(14-13-17-7-5-4-6-8-17)20(26)25(21(27)23-22)16-24(2)15-18-9-11-19(28-3)12-10-18/h4-12H,13-16H2,1-3H3,(H,23,27)/t22-/m0/s1. The minimum atomic E-state index is -0.867. The molecule has 0 unspecified atom stereocenters. The van der Waals surface area contributed by atoms with Crippen molar-refractivity contribution in [3.8, 4) is 5.75 Å². The van der Waals surface area contributed by atoms with Crippen molar-refractivity contribution in [3.05, 3.63) is 65.7 Å². The van der Waals surface area contributed by atoms with Gasteiger partial charge in [0.15, 0.2) is 0 Å². The number of hydrogen-bond acceptors (Lipinski definition) is 4. The molecule has 1 heterocycles. The summed E-state index contributed by atoms with van der Waals surface area (Å²) in [7, 11) is 3.53. The van der Waals surface area contributed by atoms with Gasteiger partial charge in [0.2, 0.25) is 0 Å². The average Bonchev–Trinajstić information content (AvgIpc) is 2.91. The van der Waals surface area contributed by atoms with Crippen LogP contribution in [0.5, 0.6) is 5.75 Å². The maximum absolute atomic E-state index is 12.9. The molecule has 6 nitrogen and oxygen atoms in total. The first kappa shape index (κ1) is 19.9. The molecule has 0 aromatic heterocycles. The van der Waals surface area contributed by atoms with E-state index in [-0.39, 0.29) is 18.6 Å². The van der Waals surface area contributed by atoms with Crippen molar-refractivity contribution in [1.29, 1.82) is 0 Å². The van der Waals surface area contributed by atoms with Crippen LogP contribution in [0.4, 0.5) is 4.79 Å². The van der Waals surface area contributed by atoms with Gasteiger partial charge in [-0.15, -0.1) is 0 Å². The normalized spacial score (nSPS) is 19.2. The maximum Gasteiger partial charge on any atom is 0.326 e. The predicted molar refractivity (Wildman–Crippen MR) is 108 cm³/mol. The quantitative estimate of drug-likeness (QED) is 0.714. The monoisotopic (exact) mass is 381 g/mol. The van der Waals surface area contributed by atoms with Crippen LogP contribution in [0.25, 0.3) is 0 Å². The number of rotatable bonds is 8. The van der Waals surface area contributed by atoms with Gasteiger partial charge in [-0.2, -0.15) is 0 Å². The lowest BCUT2D eigenvalue weighted by Crippen LogP contribution is -2.45. The average molecular weight is 381 g/mol. The summed E-state index contributed by atoms with van der Waals surface area (Å²) < 4.78 is 5.17. The van der Waals surface area contributed by atoms with E-state index in [1.54, 1.807) is 14.0 Å². The molecule has 148 valence electrons. The molecule has 0 spiro atoms. The van der Waals surface area contributed by atoms with Crippen LogP contribution in [0.3, 0.4) is 0 Å². The number of carbonyl (C=O) groups is 2. The zero-order chi connectivity index (χ0) is 20.1. The van der Waals surface area contributed by atoms with Crippen molar-refractivity contribution in [1.82, 2.24) is 15.1 Å². The molecule has 28 heavy (non-hydrogen) atoms. The van der Waals surface area contributed by atoms with E-state index < -0.39 is 5.54 Å². The third-order valence-corrected chi connectivity index (χ3v) is 5.10. The molecule has 6 heteroatoms. The summed E-state index contributed by atoms with van der Waals surface area (Å²) in [5, 5.41) is 2.88. The number of nitrogens with zero attached hydrogens (tertiary/aromatic N) is 2. The number of hydrogen-bond donors (Lipinski definition) is 1. The van der Waals surface area contributed by atoms with Gasteiger partial charge in [-0.25, -0.2) is 9.69 Å². The van der Waals surface area contributed by atoms with Gasteiger partial charge in [0.05, 0.1) is 13.8 Å². The molecule has 3 amide bonds. The van der Waals surface area contributed by atoms with Crippen LogP contribution in [-0.2, 0) is 17.8 Å². The number of benzene rings is 2. The highest BCUT2D eigenvalue weighted by atomic mass is 16.5. The Morgan fingerprint density at radius 1 is 1.04 bits per heavy atom. The third kappa shape index (κ3) is 4.51. The number of aryl methyl sites for hydroxylation is 1. The lowest BCUT2D eigenvalue weighted by Gasteiger charge is -2.24. The van der Waals surface area contributed by atoms with Crippen molar-refractivity contribution >= 4 is 11.9 Å². The SMILES string of the molecule is COc1ccc(CN(C)CN2C(=O)N[C@@](C)(CCc3ccccc3)C2=O)cc1. The fourth-order valence-corrected chi connectivity index (χ4v) is 3.42. The molecule has 1 aliphatic rings.